The van der Waals surface area contributed by atoms with Crippen LogP contribution in [0.25, 0.3) is 0 Å². The van der Waals surface area contributed by atoms with Crippen LogP contribution in [0.5, 0.6) is 0 Å². The Bertz CT molecular complexity index is 465. The van der Waals surface area contributed by atoms with Crippen LogP contribution >= 0.6 is 23.7 Å². The van der Waals surface area contributed by atoms with Crippen LogP contribution in [0.2, 0.25) is 0 Å². The molecule has 8 heteroatoms. The van der Waals surface area contributed by atoms with Gasteiger partial charge in [-0.15, -0.1) is 23.7 Å². The zero-order valence-corrected chi connectivity index (χ0v) is 13.2. The lowest BCUT2D eigenvalue weighted by Crippen LogP contribution is -2.41. The van der Waals surface area contributed by atoms with Crippen LogP contribution in [0, 0.1) is 5.92 Å². The van der Waals surface area contributed by atoms with E-state index < -0.39 is 6.03 Å². The van der Waals surface area contributed by atoms with Crippen LogP contribution in [-0.4, -0.2) is 24.5 Å². The monoisotopic (exact) mass is 332 g/mol. The van der Waals surface area contributed by atoms with Gasteiger partial charge in [0, 0.05) is 17.5 Å². The van der Waals surface area contributed by atoms with E-state index in [0.717, 1.165) is 17.7 Å². The van der Waals surface area contributed by atoms with Gasteiger partial charge in [-0.2, -0.15) is 0 Å². The molecule has 2 unspecified atom stereocenters. The zero-order chi connectivity index (χ0) is 14.5. The van der Waals surface area contributed by atoms with Crippen molar-refractivity contribution in [3.8, 4) is 0 Å². The van der Waals surface area contributed by atoms with Crippen LogP contribution in [0.15, 0.2) is 17.5 Å². The quantitative estimate of drug-likeness (QED) is 0.600. The fourth-order valence-corrected chi connectivity index (χ4v) is 2.84. The van der Waals surface area contributed by atoms with Crippen LogP contribution in [-0.2, 0) is 4.79 Å². The Balaban J connectivity index is 0.00000220. The first-order valence-electron chi connectivity index (χ1n) is 6.68. The number of carbonyl (C=O) groups excluding carboxylic acids is 2. The summed E-state index contributed by atoms with van der Waals surface area (Å²) >= 11 is 1.48. The summed E-state index contributed by atoms with van der Waals surface area (Å²) in [4.78, 5) is 23.8. The summed E-state index contributed by atoms with van der Waals surface area (Å²) in [6, 6.07) is 2.75. The van der Waals surface area contributed by atoms with Crippen LogP contribution in [0.4, 0.5) is 4.79 Å². The first-order chi connectivity index (χ1) is 9.56. The van der Waals surface area contributed by atoms with E-state index in [1.165, 1.54) is 11.3 Å². The fourth-order valence-electron chi connectivity index (χ4n) is 2.06. The van der Waals surface area contributed by atoms with Crippen molar-refractivity contribution < 1.29 is 9.59 Å². The molecule has 21 heavy (non-hydrogen) atoms. The highest BCUT2D eigenvalue weighted by Crippen LogP contribution is 2.31. The predicted octanol–water partition coefficient (Wildman–Crippen LogP) is 1.12. The topological polar surface area (TPSA) is 110 Å². The lowest BCUT2D eigenvalue weighted by atomic mass is 10.1. The molecule has 1 fully saturated rings. The highest BCUT2D eigenvalue weighted by atomic mass is 35.5. The highest BCUT2D eigenvalue weighted by Gasteiger charge is 2.28. The van der Waals surface area contributed by atoms with Crippen molar-refractivity contribution >= 4 is 35.7 Å². The minimum absolute atomic E-state index is 0. The molecule has 0 aliphatic heterocycles. The lowest BCUT2D eigenvalue weighted by molar-refractivity contribution is -0.121. The normalized spacial score (nSPS) is 16.4. The molecule has 1 aliphatic rings. The van der Waals surface area contributed by atoms with E-state index in [0.29, 0.717) is 12.5 Å². The molecule has 0 bridgehead atoms. The number of rotatable bonds is 7. The van der Waals surface area contributed by atoms with Gasteiger partial charge in [-0.05, 0) is 30.2 Å². The smallest absolute Gasteiger partial charge is 0.312 e. The second kappa shape index (κ2) is 8.21. The molecule has 3 amide bonds. The standard InChI is InChI=1S/C13H20N4O2S.ClH/c14-9(8-3-4-8)7-16-12(18)6-10(17-13(15)19)11-2-1-5-20-11;/h1-2,5,8-10H,3-4,6-7,14H2,(H,16,18)(H3,15,17,19);1H. The summed E-state index contributed by atoms with van der Waals surface area (Å²) in [6.45, 7) is 0.483. The average molecular weight is 333 g/mol. The summed E-state index contributed by atoms with van der Waals surface area (Å²) < 4.78 is 0. The number of nitrogens with one attached hydrogen (secondary N) is 2. The number of primary amides is 1. The zero-order valence-electron chi connectivity index (χ0n) is 11.6. The van der Waals surface area contributed by atoms with Crippen molar-refractivity contribution in [1.82, 2.24) is 10.6 Å². The van der Waals surface area contributed by atoms with E-state index in [1.54, 1.807) is 0 Å². The molecular weight excluding hydrogens is 312 g/mol. The molecule has 0 radical (unpaired) electrons. The number of thiophene rings is 1. The van der Waals surface area contributed by atoms with Gasteiger partial charge in [0.15, 0.2) is 0 Å². The second-order valence-electron chi connectivity index (χ2n) is 5.09. The first-order valence-corrected chi connectivity index (χ1v) is 7.56. The third kappa shape index (κ3) is 5.91. The summed E-state index contributed by atoms with van der Waals surface area (Å²) in [5, 5.41) is 7.31. The van der Waals surface area contributed by atoms with E-state index in [4.69, 9.17) is 11.5 Å². The van der Waals surface area contributed by atoms with Crippen molar-refractivity contribution in [1.29, 1.82) is 0 Å². The van der Waals surface area contributed by atoms with E-state index >= 15 is 0 Å². The first kappa shape index (κ1) is 17.7. The fraction of sp³-hybridized carbons (Fsp3) is 0.538. The van der Waals surface area contributed by atoms with E-state index in [2.05, 4.69) is 10.6 Å². The Labute approximate surface area is 134 Å². The van der Waals surface area contributed by atoms with E-state index in [9.17, 15) is 9.59 Å². The molecule has 0 aromatic carbocycles. The van der Waals surface area contributed by atoms with Crippen molar-refractivity contribution in [2.24, 2.45) is 17.4 Å². The molecular formula is C13H21ClN4O2S. The average Bonchev–Trinajstić information content (AvgIpc) is 3.10. The summed E-state index contributed by atoms with van der Waals surface area (Å²) in [6.07, 6.45) is 2.47. The summed E-state index contributed by atoms with van der Waals surface area (Å²) in [7, 11) is 0. The third-order valence-electron chi connectivity index (χ3n) is 3.36. The molecule has 1 aromatic heterocycles. The second-order valence-corrected chi connectivity index (χ2v) is 6.07. The molecule has 2 atom stereocenters. The minimum Gasteiger partial charge on any atom is -0.354 e. The van der Waals surface area contributed by atoms with Crippen LogP contribution in [0.1, 0.15) is 30.2 Å². The van der Waals surface area contributed by atoms with Crippen molar-refractivity contribution in [3.63, 3.8) is 0 Å². The SMILES string of the molecule is Cl.NC(=O)NC(CC(=O)NCC(N)C1CC1)c1cccs1. The lowest BCUT2D eigenvalue weighted by Gasteiger charge is -2.17. The number of hydrogen-bond acceptors (Lipinski definition) is 4. The van der Waals surface area contributed by atoms with Crippen LogP contribution in [0.3, 0.4) is 0 Å². The van der Waals surface area contributed by atoms with Gasteiger partial charge in [0.05, 0.1) is 12.5 Å². The maximum atomic E-state index is 11.9. The Kier molecular flexibility index (Phi) is 6.94. The van der Waals surface area contributed by atoms with Gasteiger partial charge in [-0.3, -0.25) is 4.79 Å². The molecule has 0 spiro atoms. The van der Waals surface area contributed by atoms with Crippen molar-refractivity contribution in [2.45, 2.75) is 31.3 Å². The number of nitrogens with two attached hydrogens (primary N) is 2. The summed E-state index contributed by atoms with van der Waals surface area (Å²) in [5.74, 6) is 0.417. The largest absolute Gasteiger partial charge is 0.354 e. The van der Waals surface area contributed by atoms with Gasteiger partial charge in [0.2, 0.25) is 5.91 Å². The van der Waals surface area contributed by atoms with Gasteiger partial charge in [0.1, 0.15) is 0 Å². The van der Waals surface area contributed by atoms with Gasteiger partial charge in [0.25, 0.3) is 0 Å². The van der Waals surface area contributed by atoms with Gasteiger partial charge >= 0.3 is 6.03 Å². The Morgan fingerprint density at radius 1 is 1.43 bits per heavy atom. The maximum absolute atomic E-state index is 11.9. The molecule has 118 valence electrons. The van der Waals surface area contributed by atoms with Crippen molar-refractivity contribution in [3.05, 3.63) is 22.4 Å². The molecule has 1 heterocycles. The number of urea groups is 1. The molecule has 6 nitrogen and oxygen atoms in total. The number of hydrogen-bond donors (Lipinski definition) is 4. The molecule has 1 aliphatic carbocycles. The highest BCUT2D eigenvalue weighted by molar-refractivity contribution is 7.10. The molecule has 6 N–H and O–H groups in total. The Morgan fingerprint density at radius 3 is 2.67 bits per heavy atom. The maximum Gasteiger partial charge on any atom is 0.312 e. The molecule has 1 saturated carbocycles. The van der Waals surface area contributed by atoms with E-state index in [1.807, 2.05) is 17.5 Å². The van der Waals surface area contributed by atoms with Crippen molar-refractivity contribution in [2.75, 3.05) is 6.54 Å². The number of halogens is 1. The predicted molar refractivity (Wildman–Crippen MR) is 85.4 cm³/mol. The molecule has 0 saturated heterocycles. The Hall–Kier alpha value is -1.31. The van der Waals surface area contributed by atoms with Gasteiger partial charge in [-0.1, -0.05) is 6.07 Å². The minimum atomic E-state index is -0.633. The Morgan fingerprint density at radius 2 is 2.14 bits per heavy atom. The third-order valence-corrected chi connectivity index (χ3v) is 4.34. The number of carbonyl (C=O) groups is 2. The number of amides is 3. The van der Waals surface area contributed by atoms with Gasteiger partial charge in [-0.25, -0.2) is 4.79 Å². The van der Waals surface area contributed by atoms with Crippen LogP contribution < -0.4 is 22.1 Å². The van der Waals surface area contributed by atoms with Gasteiger partial charge < -0.3 is 22.1 Å². The molecule has 2 rings (SSSR count). The molecule has 1 aromatic rings. The van der Waals surface area contributed by atoms with E-state index in [-0.39, 0.29) is 36.8 Å². The summed E-state index contributed by atoms with van der Waals surface area (Å²) in [5.41, 5.74) is 11.1.